The van der Waals surface area contributed by atoms with Crippen LogP contribution >= 0.6 is 0 Å². The number of hydrogen-bond donors (Lipinski definition) is 1. The molecule has 0 radical (unpaired) electrons. The van der Waals surface area contributed by atoms with E-state index in [9.17, 15) is 0 Å². The second-order valence-electron chi connectivity index (χ2n) is 1.71. The van der Waals surface area contributed by atoms with E-state index in [1.807, 2.05) is 0 Å². The predicted octanol–water partition coefficient (Wildman–Crippen LogP) is 0.248. The van der Waals surface area contributed by atoms with Crippen molar-refractivity contribution in [3.8, 4) is 0 Å². The Hall–Kier alpha value is -0.500. The zero-order valence-corrected chi connectivity index (χ0v) is 4.18. The number of hydrogen-bond acceptors (Lipinski definition) is 2. The van der Waals surface area contributed by atoms with Crippen LogP contribution < -0.4 is 5.73 Å². The van der Waals surface area contributed by atoms with Gasteiger partial charge in [-0.15, -0.1) is 0 Å². The van der Waals surface area contributed by atoms with E-state index in [2.05, 4.69) is 6.58 Å². The molecule has 0 aromatic carbocycles. The highest BCUT2D eigenvalue weighted by Gasteiger charge is 2.14. The van der Waals surface area contributed by atoms with Crippen LogP contribution in [0.3, 0.4) is 0 Å². The largest absolute Gasteiger partial charge is 0.497 e. The molecule has 0 unspecified atom stereocenters. The fourth-order valence-corrected chi connectivity index (χ4v) is 0.585. The van der Waals surface area contributed by atoms with Gasteiger partial charge in [-0.3, -0.25) is 0 Å². The molecule has 7 heavy (non-hydrogen) atoms. The van der Waals surface area contributed by atoms with Crippen molar-refractivity contribution in [1.29, 1.82) is 0 Å². The molecular formula is C5H9NO. The zero-order chi connectivity index (χ0) is 5.28. The van der Waals surface area contributed by atoms with Crippen LogP contribution in [0.25, 0.3) is 0 Å². The first-order valence-electron chi connectivity index (χ1n) is 2.38. The van der Waals surface area contributed by atoms with Crippen molar-refractivity contribution in [3.63, 3.8) is 0 Å². The van der Waals surface area contributed by atoms with Gasteiger partial charge in [-0.05, 0) is 0 Å². The molecule has 1 heterocycles. The Morgan fingerprint density at radius 1 is 1.86 bits per heavy atom. The summed E-state index contributed by atoms with van der Waals surface area (Å²) in [6, 6.07) is 0.0972. The summed E-state index contributed by atoms with van der Waals surface area (Å²) in [4.78, 5) is 0. The van der Waals surface area contributed by atoms with Gasteiger partial charge in [0.2, 0.25) is 0 Å². The molecule has 0 aromatic heterocycles. The molecule has 2 nitrogen and oxygen atoms in total. The van der Waals surface area contributed by atoms with Gasteiger partial charge in [-0.2, -0.15) is 0 Å². The summed E-state index contributed by atoms with van der Waals surface area (Å²) in [6.45, 7) is 4.34. The van der Waals surface area contributed by atoms with E-state index in [0.717, 1.165) is 18.8 Å². The maximum atomic E-state index is 5.45. The van der Waals surface area contributed by atoms with Gasteiger partial charge in [0.1, 0.15) is 5.76 Å². The molecule has 1 aliphatic heterocycles. The highest BCUT2D eigenvalue weighted by Crippen LogP contribution is 2.11. The SMILES string of the molecule is C=C1OCC[C@H]1N. The minimum Gasteiger partial charge on any atom is -0.497 e. The van der Waals surface area contributed by atoms with Crippen molar-refractivity contribution in [2.45, 2.75) is 12.5 Å². The van der Waals surface area contributed by atoms with E-state index in [0.29, 0.717) is 0 Å². The predicted molar refractivity (Wildman–Crippen MR) is 27.7 cm³/mol. The van der Waals surface area contributed by atoms with Crippen molar-refractivity contribution in [2.24, 2.45) is 5.73 Å². The molecule has 0 aromatic rings. The van der Waals surface area contributed by atoms with Gasteiger partial charge in [0.05, 0.1) is 12.6 Å². The van der Waals surface area contributed by atoms with Gasteiger partial charge in [-0.1, -0.05) is 6.58 Å². The second kappa shape index (κ2) is 1.54. The first-order chi connectivity index (χ1) is 3.30. The van der Waals surface area contributed by atoms with Gasteiger partial charge in [0, 0.05) is 6.42 Å². The number of nitrogens with two attached hydrogens (primary N) is 1. The molecule has 40 valence electrons. The average molecular weight is 99.1 g/mol. The summed E-state index contributed by atoms with van der Waals surface area (Å²) < 4.78 is 4.95. The Kier molecular flexibility index (Phi) is 1.02. The molecule has 2 N–H and O–H groups in total. The minimum absolute atomic E-state index is 0.0972. The van der Waals surface area contributed by atoms with Gasteiger partial charge < -0.3 is 10.5 Å². The average Bonchev–Trinajstić information content (AvgIpc) is 1.91. The topological polar surface area (TPSA) is 35.2 Å². The highest BCUT2D eigenvalue weighted by atomic mass is 16.5. The number of rotatable bonds is 0. The van der Waals surface area contributed by atoms with Crippen LogP contribution in [0.5, 0.6) is 0 Å². The smallest absolute Gasteiger partial charge is 0.106 e. The molecule has 1 saturated heterocycles. The Labute approximate surface area is 43.0 Å². The van der Waals surface area contributed by atoms with Crippen LogP contribution in [-0.2, 0) is 4.74 Å². The lowest BCUT2D eigenvalue weighted by molar-refractivity contribution is 0.263. The fraction of sp³-hybridized carbons (Fsp3) is 0.600. The van der Waals surface area contributed by atoms with Gasteiger partial charge in [0.25, 0.3) is 0 Å². The molecule has 0 amide bonds. The molecule has 1 rings (SSSR count). The minimum atomic E-state index is 0.0972. The summed E-state index contributed by atoms with van der Waals surface area (Å²) in [5, 5.41) is 0. The van der Waals surface area contributed by atoms with Crippen molar-refractivity contribution in [2.75, 3.05) is 6.61 Å². The Balaban J connectivity index is 2.48. The van der Waals surface area contributed by atoms with Gasteiger partial charge >= 0.3 is 0 Å². The standard InChI is InChI=1S/C5H9NO/c1-4-5(6)2-3-7-4/h5H,1-3,6H2/t5-/m1/s1. The Morgan fingerprint density at radius 3 is 2.71 bits per heavy atom. The van der Waals surface area contributed by atoms with Crippen molar-refractivity contribution in [1.82, 2.24) is 0 Å². The third kappa shape index (κ3) is 0.747. The Morgan fingerprint density at radius 2 is 2.57 bits per heavy atom. The lowest BCUT2D eigenvalue weighted by Gasteiger charge is -1.96. The lowest BCUT2D eigenvalue weighted by Crippen LogP contribution is -2.16. The maximum Gasteiger partial charge on any atom is 0.106 e. The maximum absolute atomic E-state index is 5.45. The van der Waals surface area contributed by atoms with Crippen molar-refractivity contribution >= 4 is 0 Å². The summed E-state index contributed by atoms with van der Waals surface area (Å²) in [6.07, 6.45) is 0.929. The third-order valence-corrected chi connectivity index (χ3v) is 1.13. The molecule has 1 fully saturated rings. The second-order valence-corrected chi connectivity index (χ2v) is 1.71. The van der Waals surface area contributed by atoms with Gasteiger partial charge in [-0.25, -0.2) is 0 Å². The van der Waals surface area contributed by atoms with Crippen LogP contribution in [-0.4, -0.2) is 12.6 Å². The monoisotopic (exact) mass is 99.1 g/mol. The molecule has 1 atom stereocenters. The third-order valence-electron chi connectivity index (χ3n) is 1.13. The van der Waals surface area contributed by atoms with Crippen LogP contribution in [0, 0.1) is 0 Å². The summed E-state index contributed by atoms with van der Waals surface area (Å²) in [5.41, 5.74) is 5.45. The van der Waals surface area contributed by atoms with E-state index in [4.69, 9.17) is 10.5 Å². The normalized spacial score (nSPS) is 30.4. The summed E-state index contributed by atoms with van der Waals surface area (Å²) >= 11 is 0. The van der Waals surface area contributed by atoms with Crippen molar-refractivity contribution in [3.05, 3.63) is 12.3 Å². The molecule has 2 heteroatoms. The number of ether oxygens (including phenoxy) is 1. The lowest BCUT2D eigenvalue weighted by atomic mass is 10.2. The highest BCUT2D eigenvalue weighted by molar-refractivity contribution is 4.98. The molecule has 0 aliphatic carbocycles. The quantitative estimate of drug-likeness (QED) is 0.472. The summed E-state index contributed by atoms with van der Waals surface area (Å²) in [7, 11) is 0. The zero-order valence-electron chi connectivity index (χ0n) is 4.18. The first-order valence-corrected chi connectivity index (χ1v) is 2.38. The first kappa shape index (κ1) is 4.65. The fourth-order valence-electron chi connectivity index (χ4n) is 0.585. The van der Waals surface area contributed by atoms with Crippen LogP contribution in [0.2, 0.25) is 0 Å². The molecule has 0 saturated carbocycles. The van der Waals surface area contributed by atoms with E-state index in [-0.39, 0.29) is 6.04 Å². The van der Waals surface area contributed by atoms with E-state index in [1.54, 1.807) is 0 Å². The molecule has 0 spiro atoms. The molecule has 1 aliphatic rings. The van der Waals surface area contributed by atoms with E-state index >= 15 is 0 Å². The van der Waals surface area contributed by atoms with E-state index in [1.165, 1.54) is 0 Å². The van der Waals surface area contributed by atoms with Gasteiger partial charge in [0.15, 0.2) is 0 Å². The molecular weight excluding hydrogens is 90.1 g/mol. The van der Waals surface area contributed by atoms with Crippen LogP contribution in [0.15, 0.2) is 12.3 Å². The molecule has 0 bridgehead atoms. The Bertz CT molecular complexity index is 90.1. The van der Waals surface area contributed by atoms with E-state index < -0.39 is 0 Å². The van der Waals surface area contributed by atoms with Crippen LogP contribution in [0.4, 0.5) is 0 Å². The summed E-state index contributed by atoms with van der Waals surface area (Å²) in [5.74, 6) is 0.736. The van der Waals surface area contributed by atoms with Crippen molar-refractivity contribution < 1.29 is 4.74 Å². The van der Waals surface area contributed by atoms with Crippen LogP contribution in [0.1, 0.15) is 6.42 Å².